The Morgan fingerprint density at radius 2 is 2.24 bits per heavy atom. The highest BCUT2D eigenvalue weighted by atomic mass is 16.5. The number of benzene rings is 1. The Bertz CT molecular complexity index is 525. The maximum atomic E-state index is 9.24. The number of aromatic nitrogens is 1. The molecule has 0 saturated carbocycles. The zero-order chi connectivity index (χ0) is 11.7. The van der Waals surface area contributed by atoms with Crippen LogP contribution in [0, 0.1) is 0 Å². The molecule has 0 spiro atoms. The first kappa shape index (κ1) is 10.4. The van der Waals surface area contributed by atoms with Crippen LogP contribution in [0.25, 0.3) is 11.1 Å². The van der Waals surface area contributed by atoms with Crippen LogP contribution in [0.15, 0.2) is 42.7 Å². The highest BCUT2D eigenvalue weighted by Crippen LogP contribution is 2.36. The number of ether oxygens (including phenoxy) is 1. The Kier molecular flexibility index (Phi) is 2.63. The van der Waals surface area contributed by atoms with E-state index in [4.69, 9.17) is 4.74 Å². The molecule has 1 aliphatic rings. The van der Waals surface area contributed by atoms with E-state index >= 15 is 0 Å². The summed E-state index contributed by atoms with van der Waals surface area (Å²) in [6, 6.07) is 10.0. The molecule has 1 aliphatic heterocycles. The van der Waals surface area contributed by atoms with Gasteiger partial charge < -0.3 is 9.84 Å². The van der Waals surface area contributed by atoms with Gasteiger partial charge in [-0.1, -0.05) is 24.3 Å². The van der Waals surface area contributed by atoms with Gasteiger partial charge in [0.25, 0.3) is 0 Å². The van der Waals surface area contributed by atoms with Crippen molar-refractivity contribution in [2.45, 2.75) is 12.7 Å². The molecule has 0 amide bonds. The van der Waals surface area contributed by atoms with Gasteiger partial charge in [0.1, 0.15) is 6.10 Å². The van der Waals surface area contributed by atoms with Gasteiger partial charge in [-0.05, 0) is 22.8 Å². The first-order chi connectivity index (χ1) is 8.40. The Morgan fingerprint density at radius 3 is 3.00 bits per heavy atom. The second-order valence-electron chi connectivity index (χ2n) is 4.10. The van der Waals surface area contributed by atoms with Crippen LogP contribution in [-0.4, -0.2) is 16.7 Å². The van der Waals surface area contributed by atoms with Crippen molar-refractivity contribution >= 4 is 0 Å². The quantitative estimate of drug-likeness (QED) is 0.856. The van der Waals surface area contributed by atoms with Crippen molar-refractivity contribution in [1.82, 2.24) is 4.98 Å². The summed E-state index contributed by atoms with van der Waals surface area (Å²) >= 11 is 0. The molecule has 0 aliphatic carbocycles. The van der Waals surface area contributed by atoms with Crippen molar-refractivity contribution in [3.63, 3.8) is 0 Å². The highest BCUT2D eigenvalue weighted by Gasteiger charge is 2.24. The highest BCUT2D eigenvalue weighted by molar-refractivity contribution is 5.68. The van der Waals surface area contributed by atoms with Crippen LogP contribution in [-0.2, 0) is 11.3 Å². The number of hydrogen-bond acceptors (Lipinski definition) is 3. The second-order valence-corrected chi connectivity index (χ2v) is 4.10. The third-order valence-electron chi connectivity index (χ3n) is 3.13. The van der Waals surface area contributed by atoms with Gasteiger partial charge in [0.05, 0.1) is 13.2 Å². The minimum Gasteiger partial charge on any atom is -0.393 e. The lowest BCUT2D eigenvalue weighted by molar-refractivity contribution is 0.0234. The van der Waals surface area contributed by atoms with Crippen LogP contribution in [0.2, 0.25) is 0 Å². The molecule has 0 bridgehead atoms. The topological polar surface area (TPSA) is 42.4 Å². The first-order valence-corrected chi connectivity index (χ1v) is 5.65. The predicted octanol–water partition coefficient (Wildman–Crippen LogP) is 2.31. The average Bonchev–Trinajstić information content (AvgIpc) is 2.82. The third-order valence-corrected chi connectivity index (χ3v) is 3.13. The summed E-state index contributed by atoms with van der Waals surface area (Å²) in [5.74, 6) is 0. The molecular formula is C14H13NO2. The van der Waals surface area contributed by atoms with Crippen LogP contribution in [0.4, 0.5) is 0 Å². The summed E-state index contributed by atoms with van der Waals surface area (Å²) < 4.78 is 5.56. The number of rotatable bonds is 2. The molecule has 1 unspecified atom stereocenters. The fraction of sp³-hybridized carbons (Fsp3) is 0.214. The summed E-state index contributed by atoms with van der Waals surface area (Å²) in [6.45, 7) is 0.592. The summed E-state index contributed by atoms with van der Waals surface area (Å²) in [6.07, 6.45) is 3.43. The van der Waals surface area contributed by atoms with Crippen LogP contribution in [0.1, 0.15) is 17.2 Å². The molecule has 2 heterocycles. The molecule has 0 fully saturated rings. The van der Waals surface area contributed by atoms with Crippen LogP contribution in [0.3, 0.4) is 0 Å². The van der Waals surface area contributed by atoms with Gasteiger partial charge in [-0.2, -0.15) is 0 Å². The van der Waals surface area contributed by atoms with E-state index in [1.807, 2.05) is 30.5 Å². The zero-order valence-electron chi connectivity index (χ0n) is 9.34. The largest absolute Gasteiger partial charge is 0.393 e. The van der Waals surface area contributed by atoms with Crippen molar-refractivity contribution in [2.24, 2.45) is 0 Å². The molecule has 0 saturated heterocycles. The Balaban J connectivity index is 2.12. The number of hydrogen-bond donors (Lipinski definition) is 1. The number of aliphatic hydroxyl groups excluding tert-OH is 1. The molecule has 3 rings (SSSR count). The fourth-order valence-electron chi connectivity index (χ4n) is 2.28. The number of aliphatic hydroxyl groups is 1. The minimum absolute atomic E-state index is 0.0312. The van der Waals surface area contributed by atoms with E-state index in [0.29, 0.717) is 6.61 Å². The van der Waals surface area contributed by atoms with Gasteiger partial charge in [-0.3, -0.25) is 4.98 Å². The number of pyridine rings is 1. The van der Waals surface area contributed by atoms with Crippen molar-refractivity contribution < 1.29 is 9.84 Å². The maximum absolute atomic E-state index is 9.24. The normalized spacial score (nSPS) is 18.1. The lowest BCUT2D eigenvalue weighted by Crippen LogP contribution is -2.00. The Morgan fingerprint density at radius 1 is 1.29 bits per heavy atom. The van der Waals surface area contributed by atoms with E-state index in [1.54, 1.807) is 6.20 Å². The van der Waals surface area contributed by atoms with Crippen LogP contribution >= 0.6 is 0 Å². The first-order valence-electron chi connectivity index (χ1n) is 5.65. The molecule has 1 aromatic heterocycles. The third kappa shape index (κ3) is 1.73. The van der Waals surface area contributed by atoms with Gasteiger partial charge in [0.15, 0.2) is 0 Å². The molecule has 86 valence electrons. The molecule has 17 heavy (non-hydrogen) atoms. The average molecular weight is 227 g/mol. The molecule has 1 atom stereocenters. The standard InChI is InChI=1S/C14H13NO2/c16-8-14-12-5-1-4-11(13(12)9-17-14)10-3-2-6-15-7-10/h1-7,14,16H,8-9H2. The van der Waals surface area contributed by atoms with E-state index in [2.05, 4.69) is 11.1 Å². The van der Waals surface area contributed by atoms with Crippen molar-refractivity contribution in [3.05, 3.63) is 53.9 Å². The molecule has 0 radical (unpaired) electrons. The lowest BCUT2D eigenvalue weighted by atomic mass is 9.96. The smallest absolute Gasteiger partial charge is 0.106 e. The lowest BCUT2D eigenvalue weighted by Gasteiger charge is -2.08. The van der Waals surface area contributed by atoms with Crippen molar-refractivity contribution in [3.8, 4) is 11.1 Å². The molecule has 3 nitrogen and oxygen atoms in total. The predicted molar refractivity (Wildman–Crippen MR) is 64.3 cm³/mol. The van der Waals surface area contributed by atoms with Crippen molar-refractivity contribution in [2.75, 3.05) is 6.61 Å². The van der Waals surface area contributed by atoms with Gasteiger partial charge >= 0.3 is 0 Å². The summed E-state index contributed by atoms with van der Waals surface area (Å²) in [7, 11) is 0. The van der Waals surface area contributed by atoms with Gasteiger partial charge in [-0.25, -0.2) is 0 Å². The molecule has 2 aromatic rings. The second kappa shape index (κ2) is 4.28. The van der Waals surface area contributed by atoms with Crippen LogP contribution < -0.4 is 0 Å². The van der Waals surface area contributed by atoms with Crippen molar-refractivity contribution in [1.29, 1.82) is 0 Å². The molecule has 1 N–H and O–H groups in total. The summed E-state index contributed by atoms with van der Waals surface area (Å²) in [5.41, 5.74) is 4.49. The minimum atomic E-state index is -0.179. The van der Waals surface area contributed by atoms with E-state index in [0.717, 1.165) is 16.7 Å². The molecule has 1 aromatic carbocycles. The molecule has 3 heteroatoms. The molecular weight excluding hydrogens is 214 g/mol. The summed E-state index contributed by atoms with van der Waals surface area (Å²) in [4.78, 5) is 4.14. The van der Waals surface area contributed by atoms with E-state index in [1.165, 1.54) is 5.56 Å². The fourth-order valence-corrected chi connectivity index (χ4v) is 2.28. The number of nitrogens with zero attached hydrogens (tertiary/aromatic N) is 1. The van der Waals surface area contributed by atoms with E-state index < -0.39 is 0 Å². The Hall–Kier alpha value is -1.71. The van der Waals surface area contributed by atoms with Gasteiger partial charge in [0, 0.05) is 18.0 Å². The van der Waals surface area contributed by atoms with E-state index in [9.17, 15) is 5.11 Å². The van der Waals surface area contributed by atoms with Crippen LogP contribution in [0.5, 0.6) is 0 Å². The summed E-state index contributed by atoms with van der Waals surface area (Å²) in [5, 5.41) is 9.24. The van der Waals surface area contributed by atoms with E-state index in [-0.39, 0.29) is 12.7 Å². The SMILES string of the molecule is OCC1OCc2c(-c3cccnc3)cccc21. The monoisotopic (exact) mass is 227 g/mol. The maximum Gasteiger partial charge on any atom is 0.106 e. The zero-order valence-corrected chi connectivity index (χ0v) is 9.34. The number of fused-ring (bicyclic) bond motifs is 1. The van der Waals surface area contributed by atoms with Gasteiger partial charge in [0.2, 0.25) is 0 Å². The Labute approximate surface area is 99.7 Å². The van der Waals surface area contributed by atoms with Gasteiger partial charge in [-0.15, -0.1) is 0 Å².